The molecule has 0 saturated heterocycles. The third-order valence-electron chi connectivity index (χ3n) is 3.41. The van der Waals surface area contributed by atoms with Gasteiger partial charge >= 0.3 is 0 Å². The number of aryl methyl sites for hydroxylation is 1. The molecule has 0 bridgehead atoms. The van der Waals surface area contributed by atoms with Gasteiger partial charge in [0.05, 0.1) is 11.0 Å². The van der Waals surface area contributed by atoms with E-state index < -0.39 is 0 Å². The molecule has 0 fully saturated rings. The van der Waals surface area contributed by atoms with Crippen LogP contribution in [0.4, 0.5) is 0 Å². The molecular formula is C15H19N3O2. The van der Waals surface area contributed by atoms with E-state index in [0.29, 0.717) is 19.8 Å². The number of nitrogens with two attached hydrogens (primary N) is 1. The lowest BCUT2D eigenvalue weighted by Gasteiger charge is -2.18. The summed E-state index contributed by atoms with van der Waals surface area (Å²) in [6, 6.07) is 3.96. The van der Waals surface area contributed by atoms with Gasteiger partial charge in [-0.05, 0) is 13.0 Å². The summed E-state index contributed by atoms with van der Waals surface area (Å²) in [6.45, 7) is 6.40. The van der Waals surface area contributed by atoms with Crippen molar-refractivity contribution in [1.82, 2.24) is 9.55 Å². The molecular weight excluding hydrogens is 254 g/mol. The summed E-state index contributed by atoms with van der Waals surface area (Å²) in [5.41, 5.74) is 7.59. The van der Waals surface area contributed by atoms with Gasteiger partial charge in [0.25, 0.3) is 0 Å². The van der Waals surface area contributed by atoms with Gasteiger partial charge in [0.2, 0.25) is 0 Å². The molecule has 1 aromatic carbocycles. The van der Waals surface area contributed by atoms with Crippen molar-refractivity contribution in [3.63, 3.8) is 0 Å². The largest absolute Gasteiger partial charge is 0.486 e. The Morgan fingerprint density at radius 2 is 2.05 bits per heavy atom. The van der Waals surface area contributed by atoms with Crippen LogP contribution in [0.15, 0.2) is 24.8 Å². The third kappa shape index (κ3) is 2.25. The Labute approximate surface area is 118 Å². The lowest BCUT2D eigenvalue weighted by Crippen LogP contribution is -2.15. The maximum absolute atomic E-state index is 5.64. The summed E-state index contributed by atoms with van der Waals surface area (Å²) in [6.07, 6.45) is 3.67. The smallest absolute Gasteiger partial charge is 0.163 e. The summed E-state index contributed by atoms with van der Waals surface area (Å²) in [7, 11) is 0. The molecule has 20 heavy (non-hydrogen) atoms. The first kappa shape index (κ1) is 13.0. The van der Waals surface area contributed by atoms with E-state index >= 15 is 0 Å². The molecule has 106 valence electrons. The number of hydrogen-bond donors (Lipinski definition) is 1. The minimum Gasteiger partial charge on any atom is -0.486 e. The van der Waals surface area contributed by atoms with Gasteiger partial charge in [0.1, 0.15) is 19.0 Å². The molecule has 0 radical (unpaired) electrons. The molecule has 2 aromatic rings. The van der Waals surface area contributed by atoms with Crippen LogP contribution >= 0.6 is 0 Å². The SMILES string of the molecule is C=CCn1c(CCCN)nc2cc3c(cc21)OCCO3. The van der Waals surface area contributed by atoms with Gasteiger partial charge < -0.3 is 19.8 Å². The van der Waals surface area contributed by atoms with E-state index in [0.717, 1.165) is 47.7 Å². The van der Waals surface area contributed by atoms with Crippen molar-refractivity contribution in [2.24, 2.45) is 5.73 Å². The molecule has 0 unspecified atom stereocenters. The van der Waals surface area contributed by atoms with Crippen LogP contribution in [-0.4, -0.2) is 29.3 Å². The Morgan fingerprint density at radius 3 is 2.75 bits per heavy atom. The van der Waals surface area contributed by atoms with E-state index in [4.69, 9.17) is 20.2 Å². The normalized spacial score (nSPS) is 13.7. The zero-order valence-electron chi connectivity index (χ0n) is 11.5. The number of rotatable bonds is 5. The van der Waals surface area contributed by atoms with Crippen LogP contribution < -0.4 is 15.2 Å². The fraction of sp³-hybridized carbons (Fsp3) is 0.400. The third-order valence-corrected chi connectivity index (χ3v) is 3.41. The first-order chi connectivity index (χ1) is 9.83. The van der Waals surface area contributed by atoms with Crippen LogP contribution in [-0.2, 0) is 13.0 Å². The maximum Gasteiger partial charge on any atom is 0.163 e. The summed E-state index contributed by atoms with van der Waals surface area (Å²) in [5, 5.41) is 0. The quantitative estimate of drug-likeness (QED) is 0.845. The second-order valence-corrected chi connectivity index (χ2v) is 4.80. The number of benzene rings is 1. The molecule has 1 aromatic heterocycles. The van der Waals surface area contributed by atoms with Crippen LogP contribution in [0.3, 0.4) is 0 Å². The minimum atomic E-state index is 0.589. The molecule has 0 saturated carbocycles. The van der Waals surface area contributed by atoms with Crippen LogP contribution in [0.2, 0.25) is 0 Å². The summed E-state index contributed by atoms with van der Waals surface area (Å²) >= 11 is 0. The Hall–Kier alpha value is -2.01. The lowest BCUT2D eigenvalue weighted by molar-refractivity contribution is 0.172. The Kier molecular flexibility index (Phi) is 3.60. The van der Waals surface area contributed by atoms with Crippen molar-refractivity contribution in [3.8, 4) is 11.5 Å². The molecule has 2 N–H and O–H groups in total. The summed E-state index contributed by atoms with van der Waals surface area (Å²) < 4.78 is 13.4. The van der Waals surface area contributed by atoms with E-state index in [2.05, 4.69) is 11.1 Å². The van der Waals surface area contributed by atoms with Crippen molar-refractivity contribution in [2.45, 2.75) is 19.4 Å². The van der Waals surface area contributed by atoms with Crippen molar-refractivity contribution in [1.29, 1.82) is 0 Å². The van der Waals surface area contributed by atoms with Crippen LogP contribution in [0.5, 0.6) is 11.5 Å². The van der Waals surface area contributed by atoms with Crippen molar-refractivity contribution >= 4 is 11.0 Å². The minimum absolute atomic E-state index is 0.589. The van der Waals surface area contributed by atoms with Crippen LogP contribution in [0, 0.1) is 0 Å². The number of allylic oxidation sites excluding steroid dienone is 1. The Bertz CT molecular complexity index is 634. The average Bonchev–Trinajstić information content (AvgIpc) is 2.80. The average molecular weight is 273 g/mol. The van der Waals surface area contributed by atoms with Crippen molar-refractivity contribution < 1.29 is 9.47 Å². The number of imidazole rings is 1. The molecule has 0 aliphatic carbocycles. The Balaban J connectivity index is 2.09. The highest BCUT2D eigenvalue weighted by Gasteiger charge is 2.17. The fourth-order valence-corrected chi connectivity index (χ4v) is 2.50. The molecule has 1 aliphatic rings. The molecule has 1 aliphatic heterocycles. The number of hydrogen-bond acceptors (Lipinski definition) is 4. The standard InChI is InChI=1S/C15H19N3O2/c1-2-6-18-12-10-14-13(19-7-8-20-14)9-11(12)17-15(18)4-3-5-16/h2,9-10H,1,3-8,16H2. The molecule has 2 heterocycles. The molecule has 0 amide bonds. The van der Waals surface area contributed by atoms with E-state index in [-0.39, 0.29) is 0 Å². The van der Waals surface area contributed by atoms with Crippen LogP contribution in [0.25, 0.3) is 11.0 Å². The molecule has 0 spiro atoms. The Morgan fingerprint density at radius 1 is 1.30 bits per heavy atom. The molecule has 5 nitrogen and oxygen atoms in total. The second kappa shape index (κ2) is 5.54. The van der Waals surface area contributed by atoms with E-state index in [9.17, 15) is 0 Å². The molecule has 3 rings (SSSR count). The first-order valence-electron chi connectivity index (χ1n) is 6.93. The highest BCUT2D eigenvalue weighted by Crippen LogP contribution is 2.34. The maximum atomic E-state index is 5.64. The van der Waals surface area contributed by atoms with E-state index in [1.54, 1.807) is 0 Å². The van der Waals surface area contributed by atoms with Gasteiger partial charge in [-0.3, -0.25) is 0 Å². The fourth-order valence-electron chi connectivity index (χ4n) is 2.50. The second-order valence-electron chi connectivity index (χ2n) is 4.80. The van der Waals surface area contributed by atoms with Crippen LogP contribution in [0.1, 0.15) is 12.2 Å². The van der Waals surface area contributed by atoms with Gasteiger partial charge in [-0.15, -0.1) is 6.58 Å². The number of nitrogens with zero attached hydrogens (tertiary/aromatic N) is 2. The van der Waals surface area contributed by atoms with Gasteiger partial charge in [0.15, 0.2) is 11.5 Å². The zero-order chi connectivity index (χ0) is 13.9. The lowest BCUT2D eigenvalue weighted by atomic mass is 10.2. The zero-order valence-corrected chi connectivity index (χ0v) is 11.5. The van der Waals surface area contributed by atoms with Gasteiger partial charge in [-0.2, -0.15) is 0 Å². The van der Waals surface area contributed by atoms with Crippen molar-refractivity contribution in [3.05, 3.63) is 30.6 Å². The predicted octanol–water partition coefficient (Wildman–Crippen LogP) is 1.88. The summed E-state index contributed by atoms with van der Waals surface area (Å²) in [5.74, 6) is 2.60. The van der Waals surface area contributed by atoms with Gasteiger partial charge in [-0.1, -0.05) is 6.08 Å². The molecule has 0 atom stereocenters. The summed E-state index contributed by atoms with van der Waals surface area (Å²) in [4.78, 5) is 4.70. The predicted molar refractivity (Wildman–Crippen MR) is 78.3 cm³/mol. The number of ether oxygens (including phenoxy) is 2. The number of aromatic nitrogens is 2. The van der Waals surface area contributed by atoms with E-state index in [1.165, 1.54) is 0 Å². The molecule has 5 heteroatoms. The monoisotopic (exact) mass is 273 g/mol. The highest BCUT2D eigenvalue weighted by molar-refractivity contribution is 5.81. The topological polar surface area (TPSA) is 62.3 Å². The number of fused-ring (bicyclic) bond motifs is 2. The highest BCUT2D eigenvalue weighted by atomic mass is 16.6. The first-order valence-corrected chi connectivity index (χ1v) is 6.93. The van der Waals surface area contributed by atoms with E-state index in [1.807, 2.05) is 18.2 Å². The van der Waals surface area contributed by atoms with Gasteiger partial charge in [-0.25, -0.2) is 4.98 Å². The van der Waals surface area contributed by atoms with Crippen molar-refractivity contribution in [2.75, 3.05) is 19.8 Å². The van der Waals surface area contributed by atoms with Gasteiger partial charge in [0, 0.05) is 25.1 Å².